The van der Waals surface area contributed by atoms with E-state index in [-0.39, 0.29) is 5.44 Å². The first-order valence-electron chi connectivity index (χ1n) is 3.98. The lowest BCUT2D eigenvalue weighted by Crippen LogP contribution is -2.49. The van der Waals surface area contributed by atoms with E-state index < -0.39 is 9.05 Å². The minimum Gasteiger partial charge on any atom is -0.352 e. The van der Waals surface area contributed by atoms with Crippen molar-refractivity contribution >= 4 is 21.7 Å². The standard InChI is InChI=1S/C6H16O6SSi/c1-5-6(13)10-14(9-4,11-7-2)12-8-3/h6,13H,5H2,1-4H3. The van der Waals surface area contributed by atoms with E-state index in [0.717, 1.165) is 0 Å². The van der Waals surface area contributed by atoms with E-state index in [9.17, 15) is 0 Å². The Morgan fingerprint density at radius 2 is 1.64 bits per heavy atom. The van der Waals surface area contributed by atoms with E-state index >= 15 is 0 Å². The first-order valence-corrected chi connectivity index (χ1v) is 6.13. The van der Waals surface area contributed by atoms with Gasteiger partial charge >= 0.3 is 9.05 Å². The van der Waals surface area contributed by atoms with E-state index in [1.54, 1.807) is 0 Å². The fraction of sp³-hybridized carbons (Fsp3) is 1.00. The first kappa shape index (κ1) is 14.3. The van der Waals surface area contributed by atoms with Gasteiger partial charge < -0.3 is 8.85 Å². The molecular weight excluding hydrogens is 228 g/mol. The molecule has 0 aromatic rings. The van der Waals surface area contributed by atoms with E-state index in [1.165, 1.54) is 21.3 Å². The fourth-order valence-electron chi connectivity index (χ4n) is 0.623. The third-order valence-electron chi connectivity index (χ3n) is 1.25. The Bertz CT molecular complexity index is 142. The Morgan fingerprint density at radius 1 is 1.14 bits per heavy atom. The maximum atomic E-state index is 5.30. The number of hydrogen-bond acceptors (Lipinski definition) is 7. The Kier molecular flexibility index (Phi) is 7.77. The average Bonchev–Trinajstić information content (AvgIpc) is 2.18. The van der Waals surface area contributed by atoms with E-state index in [2.05, 4.69) is 22.4 Å². The van der Waals surface area contributed by atoms with Crippen LogP contribution in [-0.2, 0) is 27.8 Å². The molecule has 0 aliphatic heterocycles. The zero-order chi connectivity index (χ0) is 11.0. The van der Waals surface area contributed by atoms with E-state index in [4.69, 9.17) is 18.0 Å². The van der Waals surface area contributed by atoms with Gasteiger partial charge in [-0.25, -0.2) is 9.78 Å². The van der Waals surface area contributed by atoms with E-state index in [1.807, 2.05) is 6.92 Å². The normalized spacial score (nSPS) is 14.4. The summed E-state index contributed by atoms with van der Waals surface area (Å²) in [5, 5.41) is 0. The largest absolute Gasteiger partial charge is 0.736 e. The molecule has 0 radical (unpaired) electrons. The van der Waals surface area contributed by atoms with Crippen LogP contribution >= 0.6 is 12.6 Å². The smallest absolute Gasteiger partial charge is 0.352 e. The van der Waals surface area contributed by atoms with Crippen molar-refractivity contribution in [1.29, 1.82) is 0 Å². The van der Waals surface area contributed by atoms with Crippen LogP contribution in [0.25, 0.3) is 0 Å². The van der Waals surface area contributed by atoms with Crippen LogP contribution in [0.1, 0.15) is 13.3 Å². The minimum absolute atomic E-state index is 0.369. The van der Waals surface area contributed by atoms with Crippen molar-refractivity contribution in [3.05, 3.63) is 0 Å². The summed E-state index contributed by atoms with van der Waals surface area (Å²) < 4.78 is 19.8. The molecule has 86 valence electrons. The monoisotopic (exact) mass is 244 g/mol. The van der Waals surface area contributed by atoms with Gasteiger partial charge in [-0.15, -0.1) is 12.6 Å². The lowest BCUT2D eigenvalue weighted by Gasteiger charge is -2.24. The summed E-state index contributed by atoms with van der Waals surface area (Å²) in [6.45, 7) is 1.89. The van der Waals surface area contributed by atoms with Crippen LogP contribution in [0.2, 0.25) is 0 Å². The van der Waals surface area contributed by atoms with Gasteiger partial charge in [-0.2, -0.15) is 9.15 Å². The van der Waals surface area contributed by atoms with Gasteiger partial charge in [0.1, 0.15) is 0 Å². The number of hydrogen-bond donors (Lipinski definition) is 1. The molecule has 1 atom stereocenters. The maximum absolute atomic E-state index is 5.30. The molecule has 0 rings (SSSR count). The SMILES string of the molecule is CCC(S)O[Si](OC)(OOC)OOC. The molecule has 0 amide bonds. The van der Waals surface area contributed by atoms with Gasteiger partial charge in [0, 0.05) is 7.11 Å². The highest BCUT2D eigenvalue weighted by molar-refractivity contribution is 7.80. The summed E-state index contributed by atoms with van der Waals surface area (Å²) in [7, 11) is 0.645. The predicted molar refractivity (Wildman–Crippen MR) is 53.1 cm³/mol. The molecule has 0 spiro atoms. The zero-order valence-electron chi connectivity index (χ0n) is 8.68. The summed E-state index contributed by atoms with van der Waals surface area (Å²) in [6.07, 6.45) is 0.668. The van der Waals surface area contributed by atoms with Crippen molar-refractivity contribution in [1.82, 2.24) is 0 Å². The molecule has 1 unspecified atom stereocenters. The second-order valence-corrected chi connectivity index (χ2v) is 4.74. The minimum atomic E-state index is -3.37. The lowest BCUT2D eigenvalue weighted by atomic mass is 10.5. The van der Waals surface area contributed by atoms with Crippen molar-refractivity contribution < 1.29 is 27.8 Å². The molecule has 0 bridgehead atoms. The number of rotatable bonds is 8. The van der Waals surface area contributed by atoms with Crippen LogP contribution in [0.3, 0.4) is 0 Å². The highest BCUT2D eigenvalue weighted by Crippen LogP contribution is 2.17. The van der Waals surface area contributed by atoms with Gasteiger partial charge in [0.25, 0.3) is 0 Å². The van der Waals surface area contributed by atoms with Gasteiger partial charge in [0.15, 0.2) is 0 Å². The Hall–Kier alpha value is 0.327. The third-order valence-corrected chi connectivity index (χ3v) is 3.73. The quantitative estimate of drug-likeness (QED) is 0.225. The van der Waals surface area contributed by atoms with Gasteiger partial charge in [0.2, 0.25) is 0 Å². The molecule has 0 aliphatic carbocycles. The van der Waals surface area contributed by atoms with Gasteiger partial charge in [-0.05, 0) is 6.42 Å². The molecule has 0 fully saturated rings. The molecule has 0 N–H and O–H groups in total. The summed E-state index contributed by atoms with van der Waals surface area (Å²) >= 11 is 4.12. The van der Waals surface area contributed by atoms with Crippen molar-refractivity contribution in [2.45, 2.75) is 18.8 Å². The van der Waals surface area contributed by atoms with Crippen molar-refractivity contribution in [3.8, 4) is 0 Å². The second kappa shape index (κ2) is 7.60. The zero-order valence-corrected chi connectivity index (χ0v) is 10.6. The molecule has 0 aromatic carbocycles. The summed E-state index contributed by atoms with van der Waals surface area (Å²) in [4.78, 5) is 8.94. The maximum Gasteiger partial charge on any atom is 0.736 e. The van der Waals surface area contributed by atoms with Gasteiger partial charge in [-0.1, -0.05) is 6.92 Å². The Balaban J connectivity index is 4.31. The van der Waals surface area contributed by atoms with Crippen LogP contribution in [0.4, 0.5) is 0 Å². The topological polar surface area (TPSA) is 55.4 Å². The summed E-state index contributed by atoms with van der Waals surface area (Å²) in [5.74, 6) is 0. The predicted octanol–water partition coefficient (Wildman–Crippen LogP) is 0.907. The molecule has 6 nitrogen and oxygen atoms in total. The van der Waals surface area contributed by atoms with Crippen LogP contribution in [-0.4, -0.2) is 35.8 Å². The summed E-state index contributed by atoms with van der Waals surface area (Å²) in [6, 6.07) is 0. The molecule has 0 saturated heterocycles. The average molecular weight is 244 g/mol. The molecule has 0 aliphatic rings. The van der Waals surface area contributed by atoms with E-state index in [0.29, 0.717) is 6.42 Å². The fourth-order valence-corrected chi connectivity index (χ4v) is 2.26. The highest BCUT2D eigenvalue weighted by atomic mass is 32.1. The second-order valence-electron chi connectivity index (χ2n) is 2.18. The molecule has 8 heteroatoms. The van der Waals surface area contributed by atoms with Gasteiger partial charge in [0.05, 0.1) is 19.7 Å². The highest BCUT2D eigenvalue weighted by Gasteiger charge is 2.50. The molecule has 0 saturated carbocycles. The third kappa shape index (κ3) is 4.71. The first-order chi connectivity index (χ1) is 6.64. The summed E-state index contributed by atoms with van der Waals surface area (Å²) in [5.41, 5.74) is -0.369. The molecule has 0 heterocycles. The van der Waals surface area contributed by atoms with Crippen molar-refractivity contribution in [2.75, 3.05) is 21.3 Å². The Labute approximate surface area is 90.1 Å². The molecular formula is C6H16O6SSi. The van der Waals surface area contributed by atoms with Crippen LogP contribution < -0.4 is 0 Å². The van der Waals surface area contributed by atoms with Crippen molar-refractivity contribution in [3.63, 3.8) is 0 Å². The molecule has 0 aromatic heterocycles. The van der Waals surface area contributed by atoms with Crippen LogP contribution in [0.5, 0.6) is 0 Å². The van der Waals surface area contributed by atoms with Crippen LogP contribution in [0.15, 0.2) is 0 Å². The van der Waals surface area contributed by atoms with Crippen molar-refractivity contribution in [2.24, 2.45) is 0 Å². The van der Waals surface area contributed by atoms with Crippen LogP contribution in [0, 0.1) is 0 Å². The number of thiol groups is 1. The Morgan fingerprint density at radius 3 is 1.93 bits per heavy atom. The molecule has 14 heavy (non-hydrogen) atoms. The van der Waals surface area contributed by atoms with Gasteiger partial charge in [-0.3, -0.25) is 0 Å². The lowest BCUT2D eigenvalue weighted by molar-refractivity contribution is -0.320.